The molecule has 2 aromatic rings. The van der Waals surface area contributed by atoms with Gasteiger partial charge in [-0.2, -0.15) is 0 Å². The molecule has 0 spiro atoms. The fraction of sp³-hybridized carbons (Fsp3) is 0.645. The number of benzene rings is 1. The van der Waals surface area contributed by atoms with Gasteiger partial charge < -0.3 is 13.9 Å². The molecule has 1 aromatic heterocycles. The van der Waals surface area contributed by atoms with Crippen molar-refractivity contribution >= 4 is 22.7 Å². The molecule has 0 atom stereocenters. The van der Waals surface area contributed by atoms with Gasteiger partial charge in [0.1, 0.15) is 17.1 Å². The average Bonchev–Trinajstić information content (AvgIpc) is 2.87. The smallest absolute Gasteiger partial charge is 0.339 e. The van der Waals surface area contributed by atoms with Crippen LogP contribution in [0.25, 0.3) is 11.0 Å². The second kappa shape index (κ2) is 13.5. The monoisotopic (exact) mass is 527 g/mol. The summed E-state index contributed by atoms with van der Waals surface area (Å²) in [6.45, 7) is 10.6. The van der Waals surface area contributed by atoms with Crippen LogP contribution in [0.2, 0.25) is 0 Å². The van der Waals surface area contributed by atoms with E-state index in [9.17, 15) is 14.4 Å². The summed E-state index contributed by atoms with van der Waals surface area (Å²) in [6.07, 6.45) is 7.48. The van der Waals surface area contributed by atoms with Gasteiger partial charge in [0.05, 0.1) is 18.6 Å². The maximum absolute atomic E-state index is 13.0. The molecule has 0 amide bonds. The lowest BCUT2D eigenvalue weighted by Crippen LogP contribution is -2.37. The number of ether oxygens (including phenoxy) is 2. The molecule has 210 valence electrons. The lowest BCUT2D eigenvalue weighted by molar-refractivity contribution is -0.134. The maximum atomic E-state index is 13.0. The molecule has 1 saturated heterocycles. The molecule has 0 radical (unpaired) electrons. The normalized spacial score (nSPS) is 16.2. The molecule has 4 rings (SSSR count). The minimum atomic E-state index is -0.393. The molecule has 0 unspecified atom stereocenters. The van der Waals surface area contributed by atoms with E-state index in [2.05, 4.69) is 25.7 Å². The van der Waals surface area contributed by atoms with Crippen LogP contribution in [-0.2, 0) is 32.6 Å². The third kappa shape index (κ3) is 7.32. The van der Waals surface area contributed by atoms with E-state index in [0.29, 0.717) is 53.5 Å². The first-order chi connectivity index (χ1) is 17.8. The fourth-order valence-corrected chi connectivity index (χ4v) is 5.46. The molecule has 1 aliphatic carbocycles. The molecule has 2 aliphatic rings. The van der Waals surface area contributed by atoms with Gasteiger partial charge in [-0.05, 0) is 54.5 Å². The zero-order valence-electron chi connectivity index (χ0n) is 22.7. The van der Waals surface area contributed by atoms with Crippen molar-refractivity contribution in [1.82, 2.24) is 4.90 Å². The van der Waals surface area contributed by atoms with Crippen LogP contribution in [0.1, 0.15) is 96.3 Å². The van der Waals surface area contributed by atoms with E-state index < -0.39 is 5.63 Å². The van der Waals surface area contributed by atoms with Gasteiger partial charge in [-0.3, -0.25) is 14.5 Å². The summed E-state index contributed by atoms with van der Waals surface area (Å²) in [6, 6.07) is 3.84. The third-order valence-corrected chi connectivity index (χ3v) is 7.83. The first kappa shape index (κ1) is 30.0. The zero-order chi connectivity index (χ0) is 26.4. The van der Waals surface area contributed by atoms with E-state index in [0.717, 1.165) is 51.3 Å². The number of esters is 1. The van der Waals surface area contributed by atoms with Gasteiger partial charge in [-0.25, -0.2) is 4.79 Å². The van der Waals surface area contributed by atoms with Crippen LogP contribution >= 0.6 is 0 Å². The standard InChI is InChI=1S/C30H41NO6.CH4/c1-4-5-6-7-12-30(2,3)21-18-25(36-27(33)9-8-13-31-14-16-35-17-15-31)28-24-20-22(32)10-11-23(24)29(34)37-26(28)19-21;/h18-19H,4-17,20H2,1-3H3;1H4. The number of nitrogens with zero attached hydrogens (tertiary/aromatic N) is 1. The van der Waals surface area contributed by atoms with Crippen molar-refractivity contribution in [1.29, 1.82) is 0 Å². The lowest BCUT2D eigenvalue weighted by atomic mass is 9.79. The Kier molecular flexibility index (Phi) is 10.7. The molecule has 0 saturated carbocycles. The first-order valence-electron chi connectivity index (χ1n) is 13.9. The van der Waals surface area contributed by atoms with Crippen LogP contribution in [0.5, 0.6) is 5.75 Å². The van der Waals surface area contributed by atoms with Crippen molar-refractivity contribution in [3.8, 4) is 5.75 Å². The van der Waals surface area contributed by atoms with Crippen molar-refractivity contribution in [2.24, 2.45) is 0 Å². The highest BCUT2D eigenvalue weighted by atomic mass is 16.5. The number of hydrogen-bond donors (Lipinski definition) is 0. The highest BCUT2D eigenvalue weighted by Crippen LogP contribution is 2.39. The highest BCUT2D eigenvalue weighted by molar-refractivity contribution is 5.95. The summed E-state index contributed by atoms with van der Waals surface area (Å²) in [5, 5.41) is 0.592. The van der Waals surface area contributed by atoms with E-state index in [4.69, 9.17) is 13.9 Å². The Balaban J connectivity index is 0.00000400. The summed E-state index contributed by atoms with van der Waals surface area (Å²) < 4.78 is 17.2. The van der Waals surface area contributed by atoms with E-state index in [-0.39, 0.29) is 31.0 Å². The van der Waals surface area contributed by atoms with E-state index in [1.165, 1.54) is 19.3 Å². The molecular weight excluding hydrogens is 482 g/mol. The van der Waals surface area contributed by atoms with Gasteiger partial charge in [0.25, 0.3) is 0 Å². The van der Waals surface area contributed by atoms with E-state index in [1.807, 2.05) is 12.1 Å². The summed E-state index contributed by atoms with van der Waals surface area (Å²) in [7, 11) is 0. The second-order valence-electron chi connectivity index (χ2n) is 11.1. The number of carbonyl (C=O) groups is 2. The topological polar surface area (TPSA) is 86.0 Å². The Morgan fingerprint density at radius 1 is 1.03 bits per heavy atom. The van der Waals surface area contributed by atoms with Crippen LogP contribution < -0.4 is 10.4 Å². The highest BCUT2D eigenvalue weighted by Gasteiger charge is 2.28. The molecule has 1 aliphatic heterocycles. The zero-order valence-corrected chi connectivity index (χ0v) is 22.7. The largest absolute Gasteiger partial charge is 0.426 e. The van der Waals surface area contributed by atoms with Crippen molar-refractivity contribution in [2.45, 2.75) is 97.8 Å². The SMILES string of the molecule is C.CCCCCCC(C)(C)c1cc(OC(=O)CCCN2CCOCC2)c2c3c(c(=O)oc2c1)CCC(=O)C3. The van der Waals surface area contributed by atoms with Gasteiger partial charge >= 0.3 is 11.6 Å². The van der Waals surface area contributed by atoms with Crippen molar-refractivity contribution in [2.75, 3.05) is 32.8 Å². The van der Waals surface area contributed by atoms with Crippen LogP contribution in [0, 0.1) is 0 Å². The fourth-order valence-electron chi connectivity index (χ4n) is 5.46. The number of Topliss-reactive ketones (excluding diaryl/α,β-unsaturated/α-hetero) is 1. The van der Waals surface area contributed by atoms with Gasteiger partial charge in [-0.1, -0.05) is 53.9 Å². The van der Waals surface area contributed by atoms with Crippen LogP contribution in [0.3, 0.4) is 0 Å². The molecule has 1 aromatic carbocycles. The summed E-state index contributed by atoms with van der Waals surface area (Å²) >= 11 is 0. The van der Waals surface area contributed by atoms with Gasteiger partial charge in [0, 0.05) is 37.9 Å². The number of fused-ring (bicyclic) bond motifs is 3. The summed E-state index contributed by atoms with van der Waals surface area (Å²) in [5.41, 5.74) is 1.97. The van der Waals surface area contributed by atoms with Crippen LogP contribution in [0.4, 0.5) is 0 Å². The molecule has 38 heavy (non-hydrogen) atoms. The van der Waals surface area contributed by atoms with Gasteiger partial charge in [-0.15, -0.1) is 0 Å². The Morgan fingerprint density at radius 2 is 1.79 bits per heavy atom. The van der Waals surface area contributed by atoms with Gasteiger partial charge in [0.15, 0.2) is 0 Å². The number of morpholine rings is 1. The summed E-state index contributed by atoms with van der Waals surface area (Å²) in [4.78, 5) is 40.4. The molecule has 0 N–H and O–H groups in total. The predicted octanol–water partition coefficient (Wildman–Crippen LogP) is 5.75. The number of hydrogen-bond acceptors (Lipinski definition) is 7. The van der Waals surface area contributed by atoms with Crippen LogP contribution in [-0.4, -0.2) is 49.5 Å². The minimum Gasteiger partial charge on any atom is -0.426 e. The maximum Gasteiger partial charge on any atom is 0.339 e. The second-order valence-corrected chi connectivity index (χ2v) is 11.1. The molecule has 7 heteroatoms. The van der Waals surface area contributed by atoms with Crippen molar-refractivity contribution in [3.63, 3.8) is 0 Å². The quantitative estimate of drug-likeness (QED) is 0.159. The number of rotatable bonds is 11. The first-order valence-corrected chi connectivity index (χ1v) is 13.9. The van der Waals surface area contributed by atoms with E-state index >= 15 is 0 Å². The lowest BCUT2D eigenvalue weighted by Gasteiger charge is -2.27. The van der Waals surface area contributed by atoms with E-state index in [1.54, 1.807) is 0 Å². The summed E-state index contributed by atoms with van der Waals surface area (Å²) in [5.74, 6) is 0.178. The number of carbonyl (C=O) groups excluding carboxylic acids is 2. The molecular formula is C31H45NO6. The minimum absolute atomic E-state index is 0. The Bertz CT molecular complexity index is 1180. The number of unbranched alkanes of at least 4 members (excludes halogenated alkanes) is 3. The number of ketones is 1. The predicted molar refractivity (Wildman–Crippen MR) is 150 cm³/mol. The van der Waals surface area contributed by atoms with Crippen molar-refractivity contribution in [3.05, 3.63) is 39.2 Å². The Morgan fingerprint density at radius 3 is 2.53 bits per heavy atom. The molecule has 2 heterocycles. The Labute approximate surface area is 226 Å². The van der Waals surface area contributed by atoms with Crippen LogP contribution in [0.15, 0.2) is 21.3 Å². The van der Waals surface area contributed by atoms with Gasteiger partial charge in [0.2, 0.25) is 0 Å². The van der Waals surface area contributed by atoms with Crippen molar-refractivity contribution < 1.29 is 23.5 Å². The Hall–Kier alpha value is -2.51. The third-order valence-electron chi connectivity index (χ3n) is 7.83. The molecule has 1 fully saturated rings. The average molecular weight is 528 g/mol. The molecule has 0 bridgehead atoms. The molecule has 7 nitrogen and oxygen atoms in total.